The Morgan fingerprint density at radius 1 is 1.45 bits per heavy atom. The van der Waals surface area contributed by atoms with Crippen LogP contribution in [0.1, 0.15) is 31.1 Å². The Morgan fingerprint density at radius 2 is 2.18 bits per heavy atom. The maximum absolute atomic E-state index is 12.4. The summed E-state index contributed by atoms with van der Waals surface area (Å²) in [7, 11) is 0. The summed E-state index contributed by atoms with van der Waals surface area (Å²) in [5, 5.41) is 3.01. The fraction of sp³-hybridized carbons (Fsp3) is 0.625. The third kappa shape index (κ3) is 4.18. The van der Waals surface area contributed by atoms with Crippen LogP contribution in [-0.4, -0.2) is 55.9 Å². The predicted octanol–water partition coefficient (Wildman–Crippen LogP) is -0.0962. The standard InChI is InChI=1S/C16H25N3O3/c1-4-22-15-13(6-5-7-17-15)14(20)18-12-16(2,3)19-8-10-21-11-9-19/h5-7H,4,8-12H2,1-3H3,(H,18,20)/p+1. The van der Waals surface area contributed by atoms with Gasteiger partial charge in [-0.15, -0.1) is 0 Å². The molecule has 6 heteroatoms. The number of quaternary nitrogens is 1. The third-order valence-corrected chi connectivity index (χ3v) is 4.04. The van der Waals surface area contributed by atoms with E-state index in [1.54, 1.807) is 18.3 Å². The minimum atomic E-state index is -0.141. The van der Waals surface area contributed by atoms with Gasteiger partial charge in [-0.2, -0.15) is 0 Å². The van der Waals surface area contributed by atoms with Crippen molar-refractivity contribution in [2.75, 3.05) is 39.5 Å². The molecule has 1 aliphatic heterocycles. The smallest absolute Gasteiger partial charge is 0.257 e. The minimum absolute atomic E-state index is 0.0343. The number of rotatable bonds is 6. The molecule has 1 aromatic heterocycles. The second-order valence-corrected chi connectivity index (χ2v) is 6.07. The molecule has 2 N–H and O–H groups in total. The Morgan fingerprint density at radius 3 is 2.86 bits per heavy atom. The van der Waals surface area contributed by atoms with Gasteiger partial charge >= 0.3 is 0 Å². The van der Waals surface area contributed by atoms with Crippen molar-refractivity contribution in [3.05, 3.63) is 23.9 Å². The summed E-state index contributed by atoms with van der Waals surface area (Å²) in [6.07, 6.45) is 1.63. The molecule has 2 rings (SSSR count). The molecule has 0 radical (unpaired) electrons. The second kappa shape index (κ2) is 7.56. The Bertz CT molecular complexity index is 499. The van der Waals surface area contributed by atoms with Gasteiger partial charge in [0.2, 0.25) is 5.88 Å². The van der Waals surface area contributed by atoms with Crippen molar-refractivity contribution in [1.82, 2.24) is 10.3 Å². The van der Waals surface area contributed by atoms with Gasteiger partial charge in [-0.3, -0.25) is 4.79 Å². The van der Waals surface area contributed by atoms with Crippen LogP contribution in [-0.2, 0) is 4.74 Å². The molecule has 0 saturated carbocycles. The van der Waals surface area contributed by atoms with Crippen LogP contribution >= 0.6 is 0 Å². The average Bonchev–Trinajstić information content (AvgIpc) is 2.54. The molecule has 2 heterocycles. The Balaban J connectivity index is 1.97. The van der Waals surface area contributed by atoms with E-state index in [-0.39, 0.29) is 11.4 Å². The van der Waals surface area contributed by atoms with Gasteiger partial charge < -0.3 is 19.7 Å². The molecule has 0 aliphatic carbocycles. The number of amides is 1. The average molecular weight is 308 g/mol. The largest absolute Gasteiger partial charge is 0.477 e. The number of nitrogens with zero attached hydrogens (tertiary/aromatic N) is 1. The Hall–Kier alpha value is -1.66. The first-order valence-electron chi connectivity index (χ1n) is 7.83. The van der Waals surface area contributed by atoms with Gasteiger partial charge in [0.25, 0.3) is 5.91 Å². The van der Waals surface area contributed by atoms with Crippen molar-refractivity contribution in [2.24, 2.45) is 0 Å². The summed E-state index contributed by atoms with van der Waals surface area (Å²) < 4.78 is 10.8. The predicted molar refractivity (Wildman–Crippen MR) is 83.3 cm³/mol. The number of carbonyl (C=O) groups excluding carboxylic acids is 1. The molecular weight excluding hydrogens is 282 g/mol. The van der Waals surface area contributed by atoms with E-state index in [0.29, 0.717) is 24.6 Å². The summed E-state index contributed by atoms with van der Waals surface area (Å²) >= 11 is 0. The first kappa shape index (κ1) is 16.7. The van der Waals surface area contributed by atoms with Gasteiger partial charge in [-0.1, -0.05) is 0 Å². The molecule has 1 fully saturated rings. The van der Waals surface area contributed by atoms with Crippen molar-refractivity contribution in [3.63, 3.8) is 0 Å². The van der Waals surface area contributed by atoms with Crippen LogP contribution in [0.5, 0.6) is 5.88 Å². The summed E-state index contributed by atoms with van der Waals surface area (Å²) in [6, 6.07) is 3.48. The molecule has 0 spiro atoms. The van der Waals surface area contributed by atoms with E-state index >= 15 is 0 Å². The van der Waals surface area contributed by atoms with Crippen LogP contribution in [0, 0.1) is 0 Å². The molecular formula is C16H26N3O3+. The van der Waals surface area contributed by atoms with E-state index in [0.717, 1.165) is 26.3 Å². The van der Waals surface area contributed by atoms with Gasteiger partial charge in [0.05, 0.1) is 26.4 Å². The highest BCUT2D eigenvalue weighted by molar-refractivity contribution is 5.96. The summed E-state index contributed by atoms with van der Waals surface area (Å²) in [6.45, 7) is 10.8. The molecule has 1 saturated heterocycles. The molecule has 122 valence electrons. The van der Waals surface area contributed by atoms with Crippen molar-refractivity contribution in [1.29, 1.82) is 0 Å². The number of morpholine rings is 1. The SMILES string of the molecule is CCOc1ncccc1C(=O)NCC(C)(C)[NH+]1CCOCC1. The molecule has 0 aromatic carbocycles. The zero-order valence-electron chi connectivity index (χ0n) is 13.6. The topological polar surface area (TPSA) is 64.9 Å². The molecule has 22 heavy (non-hydrogen) atoms. The molecule has 0 atom stereocenters. The van der Waals surface area contributed by atoms with Crippen molar-refractivity contribution in [2.45, 2.75) is 26.3 Å². The van der Waals surface area contributed by atoms with Crippen LogP contribution in [0.4, 0.5) is 0 Å². The molecule has 0 bridgehead atoms. The zero-order chi connectivity index (χ0) is 16.0. The van der Waals surface area contributed by atoms with Gasteiger partial charge in [0.15, 0.2) is 0 Å². The highest BCUT2D eigenvalue weighted by atomic mass is 16.5. The van der Waals surface area contributed by atoms with Crippen LogP contribution < -0.4 is 15.0 Å². The minimum Gasteiger partial charge on any atom is -0.477 e. The fourth-order valence-corrected chi connectivity index (χ4v) is 2.63. The first-order valence-corrected chi connectivity index (χ1v) is 7.83. The van der Waals surface area contributed by atoms with Gasteiger partial charge in [0, 0.05) is 6.20 Å². The number of aromatic nitrogens is 1. The summed E-state index contributed by atoms with van der Waals surface area (Å²) in [5.41, 5.74) is 0.449. The van der Waals surface area contributed by atoms with Crippen LogP contribution in [0.25, 0.3) is 0 Å². The maximum atomic E-state index is 12.4. The summed E-state index contributed by atoms with van der Waals surface area (Å²) in [5.74, 6) is 0.247. The molecule has 1 amide bonds. The number of carbonyl (C=O) groups is 1. The second-order valence-electron chi connectivity index (χ2n) is 6.07. The van der Waals surface area contributed by atoms with Gasteiger partial charge in [0.1, 0.15) is 24.2 Å². The number of nitrogens with one attached hydrogen (secondary N) is 2. The maximum Gasteiger partial charge on any atom is 0.257 e. The zero-order valence-corrected chi connectivity index (χ0v) is 13.6. The number of ether oxygens (including phenoxy) is 2. The van der Waals surface area contributed by atoms with Gasteiger partial charge in [-0.05, 0) is 32.9 Å². The lowest BCUT2D eigenvalue weighted by Crippen LogP contribution is -3.22. The van der Waals surface area contributed by atoms with Crippen molar-refractivity contribution < 1.29 is 19.2 Å². The Kier molecular flexibility index (Phi) is 5.74. The lowest BCUT2D eigenvalue weighted by Gasteiger charge is -2.37. The van der Waals surface area contributed by atoms with E-state index in [4.69, 9.17) is 9.47 Å². The first-order chi connectivity index (χ1) is 10.5. The van der Waals surface area contributed by atoms with Crippen molar-refractivity contribution in [3.8, 4) is 5.88 Å². The Labute approximate surface area is 131 Å². The van der Waals surface area contributed by atoms with E-state index in [2.05, 4.69) is 24.1 Å². The van der Waals surface area contributed by atoms with Gasteiger partial charge in [-0.25, -0.2) is 4.98 Å². The quantitative estimate of drug-likeness (QED) is 0.770. The van der Waals surface area contributed by atoms with E-state index < -0.39 is 0 Å². The van der Waals surface area contributed by atoms with Crippen molar-refractivity contribution >= 4 is 5.91 Å². The van der Waals surface area contributed by atoms with E-state index in [1.807, 2.05) is 6.92 Å². The molecule has 6 nitrogen and oxygen atoms in total. The van der Waals surface area contributed by atoms with Crippen LogP contribution in [0.3, 0.4) is 0 Å². The summed E-state index contributed by atoms with van der Waals surface area (Å²) in [4.78, 5) is 18.0. The highest BCUT2D eigenvalue weighted by Crippen LogP contribution is 2.14. The normalized spacial score (nSPS) is 16.3. The fourth-order valence-electron chi connectivity index (χ4n) is 2.63. The van der Waals surface area contributed by atoms with Crippen LogP contribution in [0.15, 0.2) is 18.3 Å². The molecule has 0 unspecified atom stereocenters. The number of pyridine rings is 1. The van der Waals surface area contributed by atoms with E-state index in [9.17, 15) is 4.79 Å². The van der Waals surface area contributed by atoms with Crippen LogP contribution in [0.2, 0.25) is 0 Å². The lowest BCUT2D eigenvalue weighted by atomic mass is 10.0. The monoisotopic (exact) mass is 308 g/mol. The molecule has 1 aromatic rings. The number of hydrogen-bond acceptors (Lipinski definition) is 4. The van der Waals surface area contributed by atoms with E-state index in [1.165, 1.54) is 4.90 Å². The number of hydrogen-bond donors (Lipinski definition) is 2. The highest BCUT2D eigenvalue weighted by Gasteiger charge is 2.32. The third-order valence-electron chi connectivity index (χ3n) is 4.04. The molecule has 1 aliphatic rings. The lowest BCUT2D eigenvalue weighted by molar-refractivity contribution is -0.954.